The zero-order valence-electron chi connectivity index (χ0n) is 14.1. The molecule has 0 atom stereocenters. The summed E-state index contributed by atoms with van der Waals surface area (Å²) in [6.07, 6.45) is 0. The summed E-state index contributed by atoms with van der Waals surface area (Å²) in [5, 5.41) is 11.6. The molecule has 6 nitrogen and oxygen atoms in total. The lowest BCUT2D eigenvalue weighted by Crippen LogP contribution is -2.16. The minimum Gasteiger partial charge on any atom is -0.322 e. The second kappa shape index (κ2) is 7.72. The van der Waals surface area contributed by atoms with E-state index in [2.05, 4.69) is 10.0 Å². The maximum Gasteiger partial charge on any atom is 0.261 e. The highest BCUT2D eigenvalue weighted by Gasteiger charge is 2.17. The average molecular weight is 377 g/mol. The summed E-state index contributed by atoms with van der Waals surface area (Å²) in [6.45, 7) is 0. The Labute approximate surface area is 157 Å². The second-order valence-electron chi connectivity index (χ2n) is 5.65. The van der Waals surface area contributed by atoms with Crippen molar-refractivity contribution in [1.29, 1.82) is 5.26 Å². The number of rotatable bonds is 5. The number of hydrogen-bond donors (Lipinski definition) is 2. The number of anilines is 2. The van der Waals surface area contributed by atoms with Crippen molar-refractivity contribution in [2.24, 2.45) is 0 Å². The molecule has 3 rings (SSSR count). The van der Waals surface area contributed by atoms with Crippen LogP contribution in [-0.2, 0) is 10.0 Å². The molecule has 2 N–H and O–H groups in total. The van der Waals surface area contributed by atoms with Gasteiger partial charge in [-0.15, -0.1) is 0 Å². The van der Waals surface area contributed by atoms with Gasteiger partial charge in [0.15, 0.2) is 0 Å². The van der Waals surface area contributed by atoms with E-state index in [1.807, 2.05) is 12.1 Å². The topological polar surface area (TPSA) is 99.1 Å². The van der Waals surface area contributed by atoms with Crippen molar-refractivity contribution in [3.8, 4) is 6.07 Å². The molecule has 0 bridgehead atoms. The van der Waals surface area contributed by atoms with Crippen LogP contribution in [0.25, 0.3) is 0 Å². The van der Waals surface area contributed by atoms with E-state index in [1.54, 1.807) is 42.5 Å². The van der Waals surface area contributed by atoms with E-state index in [9.17, 15) is 13.2 Å². The van der Waals surface area contributed by atoms with Gasteiger partial charge in [-0.05, 0) is 48.5 Å². The Morgan fingerprint density at radius 3 is 2.30 bits per heavy atom. The van der Waals surface area contributed by atoms with Crippen LogP contribution in [-0.4, -0.2) is 14.3 Å². The summed E-state index contributed by atoms with van der Waals surface area (Å²) in [5.74, 6) is -0.412. The Hall–Kier alpha value is -3.63. The van der Waals surface area contributed by atoms with Gasteiger partial charge in [0.2, 0.25) is 0 Å². The number of hydrogen-bond acceptors (Lipinski definition) is 4. The van der Waals surface area contributed by atoms with Gasteiger partial charge < -0.3 is 5.32 Å². The van der Waals surface area contributed by atoms with Crippen LogP contribution >= 0.6 is 0 Å². The first kappa shape index (κ1) is 18.2. The van der Waals surface area contributed by atoms with Gasteiger partial charge >= 0.3 is 0 Å². The van der Waals surface area contributed by atoms with Crippen molar-refractivity contribution >= 4 is 27.3 Å². The molecule has 0 aliphatic rings. The molecule has 0 heterocycles. The molecule has 1 amide bonds. The van der Waals surface area contributed by atoms with Crippen molar-refractivity contribution < 1.29 is 13.2 Å². The molecule has 0 saturated heterocycles. The van der Waals surface area contributed by atoms with E-state index in [0.29, 0.717) is 11.3 Å². The van der Waals surface area contributed by atoms with Crippen LogP contribution < -0.4 is 10.0 Å². The average Bonchev–Trinajstić information content (AvgIpc) is 2.68. The highest BCUT2D eigenvalue weighted by Crippen LogP contribution is 2.19. The van der Waals surface area contributed by atoms with Gasteiger partial charge in [0.1, 0.15) is 0 Å². The molecule has 0 aliphatic heterocycles. The molecule has 0 saturated carbocycles. The number of nitrogens with zero attached hydrogens (tertiary/aromatic N) is 1. The van der Waals surface area contributed by atoms with Gasteiger partial charge in [0.25, 0.3) is 15.9 Å². The summed E-state index contributed by atoms with van der Waals surface area (Å²) in [6, 6.07) is 22.7. The summed E-state index contributed by atoms with van der Waals surface area (Å²) >= 11 is 0. The van der Waals surface area contributed by atoms with Gasteiger partial charge in [0, 0.05) is 11.3 Å². The fourth-order valence-corrected chi connectivity index (χ4v) is 3.49. The molecule has 0 aromatic heterocycles. The van der Waals surface area contributed by atoms with Crippen LogP contribution in [0, 0.1) is 11.3 Å². The van der Waals surface area contributed by atoms with Gasteiger partial charge in [-0.25, -0.2) is 8.42 Å². The second-order valence-corrected chi connectivity index (χ2v) is 7.33. The van der Waals surface area contributed by atoms with Crippen LogP contribution in [0.4, 0.5) is 11.4 Å². The largest absolute Gasteiger partial charge is 0.322 e. The first-order valence-corrected chi connectivity index (χ1v) is 9.46. The third kappa shape index (κ3) is 4.51. The molecule has 3 aromatic carbocycles. The number of nitrogens with one attached hydrogen (secondary N) is 2. The Morgan fingerprint density at radius 2 is 1.56 bits per heavy atom. The Balaban J connectivity index is 1.83. The third-order valence-corrected chi connectivity index (χ3v) is 5.06. The van der Waals surface area contributed by atoms with E-state index in [0.717, 1.165) is 0 Å². The fourth-order valence-electron chi connectivity index (χ4n) is 2.40. The standard InChI is InChI=1S/C20H15N3O3S/c21-14-15-6-4-10-18(12-15)23-27(25,26)19-11-5-7-16(13-19)20(24)22-17-8-2-1-3-9-17/h1-13,23H,(H,22,24). The van der Waals surface area contributed by atoms with E-state index in [-0.39, 0.29) is 16.1 Å². The number of carbonyl (C=O) groups is 1. The molecule has 0 fully saturated rings. The first-order valence-electron chi connectivity index (χ1n) is 7.97. The normalized spacial score (nSPS) is 10.6. The Kier molecular flexibility index (Phi) is 5.20. The van der Waals surface area contributed by atoms with Crippen molar-refractivity contribution in [3.63, 3.8) is 0 Å². The highest BCUT2D eigenvalue weighted by molar-refractivity contribution is 7.92. The van der Waals surface area contributed by atoms with Crippen molar-refractivity contribution in [3.05, 3.63) is 90.0 Å². The zero-order chi connectivity index (χ0) is 19.3. The molecule has 134 valence electrons. The monoisotopic (exact) mass is 377 g/mol. The molecule has 7 heteroatoms. The van der Waals surface area contributed by atoms with Gasteiger partial charge in [-0.1, -0.05) is 30.3 Å². The van der Waals surface area contributed by atoms with Gasteiger partial charge in [-0.2, -0.15) is 5.26 Å². The van der Waals surface area contributed by atoms with E-state index in [1.165, 1.54) is 30.3 Å². The lowest BCUT2D eigenvalue weighted by Gasteiger charge is -2.10. The molecule has 3 aromatic rings. The molecular weight excluding hydrogens is 362 g/mol. The predicted molar refractivity (Wildman–Crippen MR) is 103 cm³/mol. The number of carbonyl (C=O) groups excluding carboxylic acids is 1. The molecular formula is C20H15N3O3S. The summed E-state index contributed by atoms with van der Waals surface area (Å²) < 4.78 is 27.6. The maximum absolute atomic E-state index is 12.6. The molecule has 0 radical (unpaired) electrons. The molecule has 27 heavy (non-hydrogen) atoms. The van der Waals surface area contributed by atoms with Crippen LogP contribution in [0.3, 0.4) is 0 Å². The number of benzene rings is 3. The highest BCUT2D eigenvalue weighted by atomic mass is 32.2. The predicted octanol–water partition coefficient (Wildman–Crippen LogP) is 3.61. The van der Waals surface area contributed by atoms with E-state index in [4.69, 9.17) is 5.26 Å². The molecule has 0 spiro atoms. The quantitative estimate of drug-likeness (QED) is 0.709. The number of para-hydroxylation sites is 1. The molecule has 0 aliphatic carbocycles. The summed E-state index contributed by atoms with van der Waals surface area (Å²) in [7, 11) is -3.91. The first-order chi connectivity index (χ1) is 13.0. The van der Waals surface area contributed by atoms with Crippen LogP contribution in [0.15, 0.2) is 83.8 Å². The van der Waals surface area contributed by atoms with Crippen molar-refractivity contribution in [1.82, 2.24) is 0 Å². The summed E-state index contributed by atoms with van der Waals surface area (Å²) in [5.41, 5.74) is 1.44. The number of sulfonamides is 1. The van der Waals surface area contributed by atoms with E-state index >= 15 is 0 Å². The SMILES string of the molecule is N#Cc1cccc(NS(=O)(=O)c2cccc(C(=O)Nc3ccccc3)c2)c1. The number of amides is 1. The lowest BCUT2D eigenvalue weighted by molar-refractivity contribution is 0.102. The van der Waals surface area contributed by atoms with Crippen molar-refractivity contribution in [2.45, 2.75) is 4.90 Å². The lowest BCUT2D eigenvalue weighted by atomic mass is 10.2. The summed E-state index contributed by atoms with van der Waals surface area (Å²) in [4.78, 5) is 12.3. The van der Waals surface area contributed by atoms with Crippen LogP contribution in [0.2, 0.25) is 0 Å². The van der Waals surface area contributed by atoms with Gasteiger partial charge in [0.05, 0.1) is 22.2 Å². The van der Waals surface area contributed by atoms with E-state index < -0.39 is 15.9 Å². The number of nitriles is 1. The maximum atomic E-state index is 12.6. The van der Waals surface area contributed by atoms with Crippen LogP contribution in [0.1, 0.15) is 15.9 Å². The smallest absolute Gasteiger partial charge is 0.261 e. The zero-order valence-corrected chi connectivity index (χ0v) is 14.9. The van der Waals surface area contributed by atoms with Crippen molar-refractivity contribution in [2.75, 3.05) is 10.0 Å². The Morgan fingerprint density at radius 1 is 0.852 bits per heavy atom. The van der Waals surface area contributed by atoms with Crippen LogP contribution in [0.5, 0.6) is 0 Å². The Bertz CT molecular complexity index is 1120. The fraction of sp³-hybridized carbons (Fsp3) is 0. The molecule has 0 unspecified atom stereocenters. The van der Waals surface area contributed by atoms with Gasteiger partial charge in [-0.3, -0.25) is 9.52 Å². The third-order valence-electron chi connectivity index (χ3n) is 3.68. The minimum atomic E-state index is -3.91. The minimum absolute atomic E-state index is 0.0504.